The lowest BCUT2D eigenvalue weighted by molar-refractivity contribution is -0.137. The van der Waals surface area contributed by atoms with Crippen LogP contribution in [0, 0.1) is 5.92 Å². The molecule has 0 aromatic rings. The van der Waals surface area contributed by atoms with E-state index in [1.54, 1.807) is 7.05 Å². The second-order valence-electron chi connectivity index (χ2n) is 4.25. The second kappa shape index (κ2) is 3.15. The van der Waals surface area contributed by atoms with E-state index in [0.29, 0.717) is 12.1 Å². The Labute approximate surface area is 93.3 Å². The van der Waals surface area contributed by atoms with Crippen molar-refractivity contribution in [2.75, 3.05) is 13.6 Å². The molecule has 1 fully saturated rings. The Bertz CT molecular complexity index is 473. The molecule has 2 amide bonds. The highest BCUT2D eigenvalue weighted by Crippen LogP contribution is 2.33. The van der Waals surface area contributed by atoms with Crippen molar-refractivity contribution in [2.45, 2.75) is 6.04 Å². The number of carbonyl (C=O) groups excluding carboxylic acids is 2. The summed E-state index contributed by atoms with van der Waals surface area (Å²) < 4.78 is 0. The van der Waals surface area contributed by atoms with Gasteiger partial charge in [-0.3, -0.25) is 14.5 Å². The molecule has 2 atom stereocenters. The van der Waals surface area contributed by atoms with Crippen LogP contribution in [0.4, 0.5) is 0 Å². The topological polar surface area (TPSA) is 49.4 Å². The van der Waals surface area contributed by atoms with Crippen LogP contribution in [-0.2, 0) is 9.59 Å². The molecule has 0 spiro atoms. The highest BCUT2D eigenvalue weighted by atomic mass is 16.2. The molecular formula is C12H12N2O2. The van der Waals surface area contributed by atoms with Crippen molar-refractivity contribution in [1.29, 1.82) is 0 Å². The molecule has 82 valence electrons. The lowest BCUT2D eigenvalue weighted by atomic mass is 9.86. The molecule has 0 radical (unpaired) electrons. The third-order valence-electron chi connectivity index (χ3n) is 3.39. The van der Waals surface area contributed by atoms with Gasteiger partial charge in [0.2, 0.25) is 5.91 Å². The predicted molar refractivity (Wildman–Crippen MR) is 58.4 cm³/mol. The number of allylic oxidation sites excluding steroid dienone is 2. The summed E-state index contributed by atoms with van der Waals surface area (Å²) in [6.45, 7) is 0.552. The van der Waals surface area contributed by atoms with E-state index >= 15 is 0 Å². The van der Waals surface area contributed by atoms with E-state index in [9.17, 15) is 9.59 Å². The molecule has 0 bridgehead atoms. The molecule has 1 N–H and O–H groups in total. The molecule has 0 aromatic carbocycles. The van der Waals surface area contributed by atoms with Gasteiger partial charge in [-0.25, -0.2) is 0 Å². The van der Waals surface area contributed by atoms with Gasteiger partial charge in [0, 0.05) is 19.2 Å². The van der Waals surface area contributed by atoms with Crippen LogP contribution in [0.1, 0.15) is 0 Å². The molecule has 0 aromatic heterocycles. The highest BCUT2D eigenvalue weighted by Gasteiger charge is 2.45. The quantitative estimate of drug-likeness (QED) is 0.580. The fourth-order valence-electron chi connectivity index (χ4n) is 2.52. The van der Waals surface area contributed by atoms with Gasteiger partial charge in [-0.15, -0.1) is 0 Å². The van der Waals surface area contributed by atoms with Gasteiger partial charge in [0.05, 0.1) is 12.0 Å². The normalized spacial score (nSPS) is 32.2. The monoisotopic (exact) mass is 216 g/mol. The number of likely N-dealkylation sites (N-methyl/N-ethyl adjacent to an activating group) is 1. The smallest absolute Gasteiger partial charge is 0.257 e. The molecule has 0 saturated carbocycles. The Morgan fingerprint density at radius 3 is 3.00 bits per heavy atom. The van der Waals surface area contributed by atoms with Crippen molar-refractivity contribution in [2.24, 2.45) is 5.92 Å². The molecule has 16 heavy (non-hydrogen) atoms. The van der Waals surface area contributed by atoms with E-state index in [2.05, 4.69) is 5.32 Å². The van der Waals surface area contributed by atoms with E-state index in [-0.39, 0.29) is 23.8 Å². The molecule has 3 rings (SSSR count). The summed E-state index contributed by atoms with van der Waals surface area (Å²) in [7, 11) is 1.55. The fraction of sp³-hybridized carbons (Fsp3) is 0.333. The standard InChI is InChI=1S/C12H12N2O2/c1-14-11(15)8-6-13-9-5-3-2-4-7(9)10(8)12(14)16/h2-5,8-9,13H,6H2,1H3. The van der Waals surface area contributed by atoms with Crippen LogP contribution in [0.25, 0.3) is 0 Å². The molecule has 3 aliphatic rings. The van der Waals surface area contributed by atoms with Crippen molar-refractivity contribution < 1.29 is 9.59 Å². The Balaban J connectivity index is 2.16. The van der Waals surface area contributed by atoms with Gasteiger partial charge < -0.3 is 5.32 Å². The number of nitrogens with zero attached hydrogens (tertiary/aromatic N) is 1. The SMILES string of the molecule is CN1C(=O)C2=C3C=CC=CC3NCC2C1=O. The van der Waals surface area contributed by atoms with Crippen molar-refractivity contribution in [3.63, 3.8) is 0 Å². The number of imide groups is 1. The van der Waals surface area contributed by atoms with Crippen molar-refractivity contribution >= 4 is 11.8 Å². The van der Waals surface area contributed by atoms with Gasteiger partial charge in [0.25, 0.3) is 5.91 Å². The van der Waals surface area contributed by atoms with Gasteiger partial charge in [0.15, 0.2) is 0 Å². The first-order chi connectivity index (χ1) is 7.70. The summed E-state index contributed by atoms with van der Waals surface area (Å²) in [5, 5.41) is 3.27. The molecule has 1 aliphatic carbocycles. The maximum Gasteiger partial charge on any atom is 0.257 e. The van der Waals surface area contributed by atoms with E-state index < -0.39 is 0 Å². The first-order valence-electron chi connectivity index (χ1n) is 5.34. The van der Waals surface area contributed by atoms with Crippen LogP contribution < -0.4 is 5.32 Å². The Kier molecular flexibility index (Phi) is 1.88. The van der Waals surface area contributed by atoms with Crippen molar-refractivity contribution in [1.82, 2.24) is 10.2 Å². The average molecular weight is 216 g/mol. The Hall–Kier alpha value is -1.68. The van der Waals surface area contributed by atoms with Crippen molar-refractivity contribution in [3.05, 3.63) is 35.5 Å². The Morgan fingerprint density at radius 2 is 2.19 bits per heavy atom. The third kappa shape index (κ3) is 1.08. The van der Waals surface area contributed by atoms with Gasteiger partial charge in [0.1, 0.15) is 0 Å². The van der Waals surface area contributed by atoms with Crippen LogP contribution >= 0.6 is 0 Å². The van der Waals surface area contributed by atoms with Gasteiger partial charge >= 0.3 is 0 Å². The van der Waals surface area contributed by atoms with E-state index in [1.165, 1.54) is 4.90 Å². The molecule has 1 saturated heterocycles. The summed E-state index contributed by atoms with van der Waals surface area (Å²) in [6.07, 6.45) is 7.78. The average Bonchev–Trinajstić information content (AvgIpc) is 2.55. The van der Waals surface area contributed by atoms with Crippen LogP contribution in [-0.4, -0.2) is 36.3 Å². The van der Waals surface area contributed by atoms with Crippen LogP contribution in [0.3, 0.4) is 0 Å². The number of hydrogen-bond acceptors (Lipinski definition) is 3. The number of likely N-dealkylation sites (tertiary alicyclic amines) is 1. The minimum Gasteiger partial charge on any atom is -0.306 e. The first kappa shape index (κ1) is 9.54. The Morgan fingerprint density at radius 1 is 1.38 bits per heavy atom. The summed E-state index contributed by atoms with van der Waals surface area (Å²) in [4.78, 5) is 25.0. The number of nitrogens with one attached hydrogen (secondary N) is 1. The zero-order valence-electron chi connectivity index (χ0n) is 8.93. The molecule has 2 heterocycles. The maximum absolute atomic E-state index is 12.0. The van der Waals surface area contributed by atoms with Crippen LogP contribution in [0.2, 0.25) is 0 Å². The van der Waals surface area contributed by atoms with Crippen LogP contribution in [0.5, 0.6) is 0 Å². The van der Waals surface area contributed by atoms with Crippen molar-refractivity contribution in [3.8, 4) is 0 Å². The summed E-state index contributed by atoms with van der Waals surface area (Å²) >= 11 is 0. The lowest BCUT2D eigenvalue weighted by Crippen LogP contribution is -2.41. The summed E-state index contributed by atoms with van der Waals surface area (Å²) in [5.74, 6) is -0.530. The second-order valence-corrected chi connectivity index (χ2v) is 4.25. The number of carbonyl (C=O) groups is 2. The minimum absolute atomic E-state index is 0.0829. The molecular weight excluding hydrogens is 204 g/mol. The third-order valence-corrected chi connectivity index (χ3v) is 3.39. The van der Waals surface area contributed by atoms with E-state index in [0.717, 1.165) is 5.57 Å². The predicted octanol–water partition coefficient (Wildman–Crippen LogP) is -0.00440. The van der Waals surface area contributed by atoms with E-state index in [4.69, 9.17) is 0 Å². The molecule has 4 heteroatoms. The highest BCUT2D eigenvalue weighted by molar-refractivity contribution is 6.15. The lowest BCUT2D eigenvalue weighted by Gasteiger charge is -2.27. The maximum atomic E-state index is 12.0. The minimum atomic E-state index is -0.292. The van der Waals surface area contributed by atoms with Gasteiger partial charge in [-0.2, -0.15) is 0 Å². The number of hydrogen-bond donors (Lipinski definition) is 1. The van der Waals surface area contributed by atoms with Gasteiger partial charge in [-0.1, -0.05) is 24.3 Å². The number of rotatable bonds is 0. The van der Waals surface area contributed by atoms with Gasteiger partial charge in [-0.05, 0) is 5.57 Å². The number of amides is 2. The van der Waals surface area contributed by atoms with Crippen LogP contribution in [0.15, 0.2) is 35.5 Å². The number of fused-ring (bicyclic) bond motifs is 2. The molecule has 2 aliphatic heterocycles. The zero-order chi connectivity index (χ0) is 11.3. The van der Waals surface area contributed by atoms with E-state index in [1.807, 2.05) is 24.3 Å². The first-order valence-corrected chi connectivity index (χ1v) is 5.34. The zero-order valence-corrected chi connectivity index (χ0v) is 8.93. The fourth-order valence-corrected chi connectivity index (χ4v) is 2.52. The summed E-state index contributed by atoms with van der Waals surface area (Å²) in [6, 6.07) is 0.0829. The largest absolute Gasteiger partial charge is 0.306 e. The summed E-state index contributed by atoms with van der Waals surface area (Å²) in [5.41, 5.74) is 1.62. The molecule has 2 unspecified atom stereocenters. The molecule has 4 nitrogen and oxygen atoms in total.